The molecule has 60 valence electrons. The lowest BCUT2D eigenvalue weighted by molar-refractivity contribution is 0.168. The van der Waals surface area contributed by atoms with E-state index in [1.165, 1.54) is 18.7 Å². The Hall–Kier alpha value is -1.65. The first kappa shape index (κ1) is 7.46. The molecule has 1 heterocycles. The zero-order valence-electron chi connectivity index (χ0n) is 5.94. The minimum Gasteiger partial charge on any atom is -0.464 e. The maximum absolute atomic E-state index is 10.4. The molecule has 2 N–H and O–H groups in total. The molecule has 1 aliphatic rings. The van der Waals surface area contributed by atoms with E-state index in [1.807, 2.05) is 0 Å². The average Bonchev–Trinajstić information content (AvgIpc) is 2.05. The summed E-state index contributed by atoms with van der Waals surface area (Å²) < 4.78 is 4.87. The van der Waals surface area contributed by atoms with Gasteiger partial charge < -0.3 is 15.2 Å². The number of hydrogen-bond donors (Lipinski definition) is 2. The normalized spacial score (nSPS) is 15.4. The van der Waals surface area contributed by atoms with Crippen molar-refractivity contribution in [2.24, 2.45) is 0 Å². The minimum atomic E-state index is -1.04. The summed E-state index contributed by atoms with van der Waals surface area (Å²) in [6.45, 7) is 0. The minimum absolute atomic E-state index is 0.398. The number of carbonyl (C=O) groups is 1. The van der Waals surface area contributed by atoms with Crippen molar-refractivity contribution in [2.75, 3.05) is 7.05 Å². The second kappa shape index (κ2) is 2.96. The maximum Gasteiger partial charge on any atom is 0.415 e. The van der Waals surface area contributed by atoms with Gasteiger partial charge in [-0.3, -0.25) is 4.90 Å². The summed E-state index contributed by atoms with van der Waals surface area (Å²) in [5.41, 5.74) is 0. The molecule has 0 saturated carbocycles. The van der Waals surface area contributed by atoms with E-state index in [1.54, 1.807) is 7.05 Å². The molecule has 5 nitrogen and oxygen atoms in total. The van der Waals surface area contributed by atoms with Gasteiger partial charge >= 0.3 is 6.09 Å². The molecule has 0 spiro atoms. The lowest BCUT2D eigenvalue weighted by atomic mass is 10.6. The first-order chi connectivity index (χ1) is 5.24. The van der Waals surface area contributed by atoms with E-state index in [0.29, 0.717) is 5.88 Å². The standard InChI is InChI=1S/C6H8N2O3/c1-7-5-4-8(6(9)10)2-3-11-5/h2-4,7H,1H3,(H,9,10). The van der Waals surface area contributed by atoms with E-state index in [9.17, 15) is 4.79 Å². The van der Waals surface area contributed by atoms with Crippen molar-refractivity contribution in [2.45, 2.75) is 0 Å². The lowest BCUT2D eigenvalue weighted by Crippen LogP contribution is -2.23. The summed E-state index contributed by atoms with van der Waals surface area (Å²) in [6.07, 6.45) is 2.89. The first-order valence-corrected chi connectivity index (χ1v) is 2.98. The number of carboxylic acid groups (broad SMARTS) is 1. The SMILES string of the molecule is CNC1=CN(C(=O)O)C=CO1. The maximum atomic E-state index is 10.4. The Labute approximate surface area is 63.6 Å². The Morgan fingerprint density at radius 3 is 3.09 bits per heavy atom. The fraction of sp³-hybridized carbons (Fsp3) is 0.167. The molecular formula is C6H8N2O3. The highest BCUT2D eigenvalue weighted by Gasteiger charge is 2.10. The predicted molar refractivity (Wildman–Crippen MR) is 37.2 cm³/mol. The molecule has 5 heteroatoms. The second-order valence-corrected chi connectivity index (χ2v) is 1.84. The van der Waals surface area contributed by atoms with Crippen LogP contribution in [0.15, 0.2) is 24.5 Å². The molecule has 0 unspecified atom stereocenters. The lowest BCUT2D eigenvalue weighted by Gasteiger charge is -2.15. The molecular weight excluding hydrogens is 148 g/mol. The summed E-state index contributed by atoms with van der Waals surface area (Å²) >= 11 is 0. The molecule has 0 aromatic carbocycles. The highest BCUT2D eigenvalue weighted by atomic mass is 16.5. The van der Waals surface area contributed by atoms with Gasteiger partial charge in [0.05, 0.1) is 12.4 Å². The molecule has 1 amide bonds. The smallest absolute Gasteiger partial charge is 0.415 e. The number of nitrogens with one attached hydrogen (secondary N) is 1. The van der Waals surface area contributed by atoms with Gasteiger partial charge in [0.2, 0.25) is 5.88 Å². The third kappa shape index (κ3) is 1.64. The summed E-state index contributed by atoms with van der Waals surface area (Å²) in [4.78, 5) is 11.4. The van der Waals surface area contributed by atoms with Crippen LogP contribution in [0.25, 0.3) is 0 Å². The van der Waals surface area contributed by atoms with Gasteiger partial charge in [-0.15, -0.1) is 0 Å². The molecule has 0 atom stereocenters. The third-order valence-electron chi connectivity index (χ3n) is 1.14. The second-order valence-electron chi connectivity index (χ2n) is 1.84. The van der Waals surface area contributed by atoms with E-state index in [4.69, 9.17) is 9.84 Å². The van der Waals surface area contributed by atoms with Crippen molar-refractivity contribution in [3.8, 4) is 0 Å². The highest BCUT2D eigenvalue weighted by Crippen LogP contribution is 2.05. The van der Waals surface area contributed by atoms with Crippen LogP contribution >= 0.6 is 0 Å². The van der Waals surface area contributed by atoms with Crippen LogP contribution in [0.4, 0.5) is 4.79 Å². The largest absolute Gasteiger partial charge is 0.464 e. The Morgan fingerprint density at radius 1 is 1.82 bits per heavy atom. The van der Waals surface area contributed by atoms with Crippen molar-refractivity contribution < 1.29 is 14.6 Å². The van der Waals surface area contributed by atoms with Crippen molar-refractivity contribution >= 4 is 6.09 Å². The van der Waals surface area contributed by atoms with Gasteiger partial charge in [-0.05, 0) is 0 Å². The Kier molecular flexibility index (Phi) is 2.00. The van der Waals surface area contributed by atoms with Crippen LogP contribution in [0.5, 0.6) is 0 Å². The van der Waals surface area contributed by atoms with Gasteiger partial charge in [-0.1, -0.05) is 0 Å². The van der Waals surface area contributed by atoms with Gasteiger partial charge in [-0.2, -0.15) is 0 Å². The van der Waals surface area contributed by atoms with E-state index in [-0.39, 0.29) is 0 Å². The van der Waals surface area contributed by atoms with Gasteiger partial charge in [-0.25, -0.2) is 4.79 Å². The topological polar surface area (TPSA) is 61.8 Å². The highest BCUT2D eigenvalue weighted by molar-refractivity contribution is 5.67. The first-order valence-electron chi connectivity index (χ1n) is 2.98. The molecule has 0 aliphatic carbocycles. The number of hydrogen-bond acceptors (Lipinski definition) is 3. The van der Waals surface area contributed by atoms with Gasteiger partial charge in [0.25, 0.3) is 0 Å². The zero-order chi connectivity index (χ0) is 8.27. The monoisotopic (exact) mass is 156 g/mol. The van der Waals surface area contributed by atoms with Crippen molar-refractivity contribution in [3.63, 3.8) is 0 Å². The fourth-order valence-electron chi connectivity index (χ4n) is 0.612. The quantitative estimate of drug-likeness (QED) is 0.579. The number of ether oxygens (including phenoxy) is 1. The van der Waals surface area contributed by atoms with Crippen LogP contribution in [-0.4, -0.2) is 23.1 Å². The molecule has 0 saturated heterocycles. The number of rotatable bonds is 1. The molecule has 0 bridgehead atoms. The van der Waals surface area contributed by atoms with Crippen molar-refractivity contribution in [3.05, 3.63) is 24.5 Å². The number of amides is 1. The molecule has 0 aromatic heterocycles. The Morgan fingerprint density at radius 2 is 2.55 bits per heavy atom. The molecule has 1 rings (SSSR count). The predicted octanol–water partition coefficient (Wildman–Crippen LogP) is 0.486. The Bertz CT molecular complexity index is 222. The van der Waals surface area contributed by atoms with Crippen LogP contribution < -0.4 is 5.32 Å². The van der Waals surface area contributed by atoms with E-state index < -0.39 is 6.09 Å². The van der Waals surface area contributed by atoms with Gasteiger partial charge in [0.15, 0.2) is 0 Å². The fourth-order valence-corrected chi connectivity index (χ4v) is 0.612. The van der Waals surface area contributed by atoms with Crippen LogP contribution in [-0.2, 0) is 4.74 Å². The molecule has 0 aromatic rings. The summed E-state index contributed by atoms with van der Waals surface area (Å²) in [6, 6.07) is 0. The zero-order valence-corrected chi connectivity index (χ0v) is 5.94. The van der Waals surface area contributed by atoms with Crippen molar-refractivity contribution in [1.29, 1.82) is 0 Å². The summed E-state index contributed by atoms with van der Waals surface area (Å²) in [5, 5.41) is 11.2. The summed E-state index contributed by atoms with van der Waals surface area (Å²) in [7, 11) is 1.64. The van der Waals surface area contributed by atoms with E-state index >= 15 is 0 Å². The van der Waals surface area contributed by atoms with Crippen LogP contribution in [0.3, 0.4) is 0 Å². The van der Waals surface area contributed by atoms with Crippen LogP contribution in [0.2, 0.25) is 0 Å². The van der Waals surface area contributed by atoms with E-state index in [0.717, 1.165) is 4.90 Å². The van der Waals surface area contributed by atoms with Crippen LogP contribution in [0.1, 0.15) is 0 Å². The molecule has 0 fully saturated rings. The Balaban J connectivity index is 2.68. The molecule has 1 aliphatic heterocycles. The average molecular weight is 156 g/mol. The van der Waals surface area contributed by atoms with E-state index in [2.05, 4.69) is 5.32 Å². The number of nitrogens with zero attached hydrogens (tertiary/aromatic N) is 1. The molecule has 0 radical (unpaired) electrons. The van der Waals surface area contributed by atoms with Gasteiger partial charge in [0.1, 0.15) is 6.26 Å². The molecule has 11 heavy (non-hydrogen) atoms. The van der Waals surface area contributed by atoms with Crippen LogP contribution in [0, 0.1) is 0 Å². The van der Waals surface area contributed by atoms with Gasteiger partial charge in [0, 0.05) is 7.05 Å². The summed E-state index contributed by atoms with van der Waals surface area (Å²) in [5.74, 6) is 0.398. The third-order valence-corrected chi connectivity index (χ3v) is 1.14. The van der Waals surface area contributed by atoms with Crippen molar-refractivity contribution in [1.82, 2.24) is 10.2 Å².